The van der Waals surface area contributed by atoms with Gasteiger partial charge in [-0.05, 0) is 30.5 Å². The Hall–Kier alpha value is -0.330. The van der Waals surface area contributed by atoms with E-state index < -0.39 is 15.9 Å². The van der Waals surface area contributed by atoms with Crippen LogP contribution in [0, 0.1) is 0 Å². The molecule has 20 heavy (non-hydrogen) atoms. The lowest BCUT2D eigenvalue weighted by molar-refractivity contribution is 0.168. The van der Waals surface area contributed by atoms with Gasteiger partial charge < -0.3 is 10.4 Å². The van der Waals surface area contributed by atoms with Gasteiger partial charge in [0.05, 0.1) is 27.7 Å². The highest BCUT2D eigenvalue weighted by molar-refractivity contribution is 7.91. The van der Waals surface area contributed by atoms with Crippen molar-refractivity contribution in [3.8, 4) is 0 Å². The van der Waals surface area contributed by atoms with Crippen molar-refractivity contribution in [3.05, 3.63) is 33.8 Å². The molecular weight excluding hydrogens is 321 g/mol. The van der Waals surface area contributed by atoms with Crippen LogP contribution in [0.15, 0.2) is 18.2 Å². The topological polar surface area (TPSA) is 66.4 Å². The van der Waals surface area contributed by atoms with Gasteiger partial charge in [0, 0.05) is 12.6 Å². The number of benzene rings is 1. The number of sulfone groups is 1. The molecule has 1 atom stereocenters. The molecule has 0 spiro atoms. The summed E-state index contributed by atoms with van der Waals surface area (Å²) in [6.07, 6.45) is 0.496. The van der Waals surface area contributed by atoms with Gasteiger partial charge in [-0.2, -0.15) is 0 Å². The fraction of sp³-hybridized carbons (Fsp3) is 0.538. The Balaban J connectivity index is 1.86. The summed E-state index contributed by atoms with van der Waals surface area (Å²) in [7, 11) is -2.85. The maximum atomic E-state index is 11.3. The Bertz CT molecular complexity index is 563. The Morgan fingerprint density at radius 3 is 2.50 bits per heavy atom. The molecule has 0 aliphatic carbocycles. The molecule has 1 aliphatic rings. The first-order valence-electron chi connectivity index (χ1n) is 6.44. The molecule has 1 heterocycles. The van der Waals surface area contributed by atoms with E-state index in [1.54, 1.807) is 18.2 Å². The number of nitrogens with one attached hydrogen (secondary N) is 1. The van der Waals surface area contributed by atoms with Gasteiger partial charge in [0.2, 0.25) is 0 Å². The highest BCUT2D eigenvalue weighted by Gasteiger charge is 2.23. The summed E-state index contributed by atoms with van der Waals surface area (Å²) >= 11 is 11.7. The first-order chi connectivity index (χ1) is 9.37. The molecule has 0 radical (unpaired) electrons. The van der Waals surface area contributed by atoms with Gasteiger partial charge in [0.1, 0.15) is 9.84 Å². The first-order valence-corrected chi connectivity index (χ1v) is 9.02. The molecular formula is C13H17Cl2NO3S. The lowest BCUT2D eigenvalue weighted by atomic mass is 10.1. The summed E-state index contributed by atoms with van der Waals surface area (Å²) in [5.74, 6) is 0.432. The molecule has 0 aromatic heterocycles. The van der Waals surface area contributed by atoms with E-state index in [1.807, 2.05) is 0 Å². The summed E-state index contributed by atoms with van der Waals surface area (Å²) < 4.78 is 22.6. The van der Waals surface area contributed by atoms with Crippen LogP contribution >= 0.6 is 23.2 Å². The Morgan fingerprint density at radius 1 is 1.25 bits per heavy atom. The van der Waals surface area contributed by atoms with E-state index in [0.29, 0.717) is 35.0 Å². The van der Waals surface area contributed by atoms with Crippen molar-refractivity contribution in [2.24, 2.45) is 0 Å². The van der Waals surface area contributed by atoms with Crippen LogP contribution in [-0.2, 0) is 9.84 Å². The molecule has 1 aliphatic heterocycles. The molecule has 1 fully saturated rings. The number of aliphatic hydroxyl groups is 1. The second-order valence-electron chi connectivity index (χ2n) is 5.02. The van der Waals surface area contributed by atoms with Crippen LogP contribution < -0.4 is 5.32 Å². The number of rotatable bonds is 4. The Labute approximate surface area is 129 Å². The molecule has 4 nitrogen and oxygen atoms in total. The van der Waals surface area contributed by atoms with Gasteiger partial charge in [0.25, 0.3) is 0 Å². The Morgan fingerprint density at radius 2 is 1.90 bits per heavy atom. The second kappa shape index (κ2) is 6.62. The predicted molar refractivity (Wildman–Crippen MR) is 81.1 cm³/mol. The minimum Gasteiger partial charge on any atom is -0.387 e. The fourth-order valence-electron chi connectivity index (χ4n) is 2.21. The molecule has 0 bridgehead atoms. The zero-order valence-electron chi connectivity index (χ0n) is 10.9. The minimum absolute atomic E-state index is 0.135. The summed E-state index contributed by atoms with van der Waals surface area (Å²) in [4.78, 5) is 0. The van der Waals surface area contributed by atoms with Crippen LogP contribution in [0.25, 0.3) is 0 Å². The van der Waals surface area contributed by atoms with Crippen molar-refractivity contribution in [2.45, 2.75) is 25.0 Å². The summed E-state index contributed by atoms with van der Waals surface area (Å²) in [5.41, 5.74) is 0.690. The number of aliphatic hydroxyl groups excluding tert-OH is 1. The number of hydrogen-bond acceptors (Lipinski definition) is 4. The molecule has 2 N–H and O–H groups in total. The van der Waals surface area contributed by atoms with Gasteiger partial charge in [-0.25, -0.2) is 8.42 Å². The minimum atomic E-state index is -2.85. The van der Waals surface area contributed by atoms with Crippen LogP contribution in [0.5, 0.6) is 0 Å². The SMILES string of the molecule is O=S1(=O)CCC(NC[C@H](O)c2ccc(Cl)c(Cl)c2)CC1. The normalized spacial score (nSPS) is 20.8. The van der Waals surface area contributed by atoms with Crippen molar-refractivity contribution in [1.29, 1.82) is 0 Å². The van der Waals surface area contributed by atoms with Gasteiger partial charge in [-0.3, -0.25) is 0 Å². The zero-order valence-corrected chi connectivity index (χ0v) is 13.2. The largest absolute Gasteiger partial charge is 0.387 e. The van der Waals surface area contributed by atoms with Crippen LogP contribution in [0.4, 0.5) is 0 Å². The van der Waals surface area contributed by atoms with Gasteiger partial charge >= 0.3 is 0 Å². The van der Waals surface area contributed by atoms with E-state index in [1.165, 1.54) is 0 Å². The smallest absolute Gasteiger partial charge is 0.150 e. The molecule has 0 amide bonds. The van der Waals surface area contributed by atoms with Gasteiger partial charge in [-0.15, -0.1) is 0 Å². The predicted octanol–water partition coefficient (Wildman–Crippen LogP) is 2.19. The summed E-state index contributed by atoms with van der Waals surface area (Å²) in [5, 5.41) is 14.1. The summed E-state index contributed by atoms with van der Waals surface area (Å²) in [6, 6.07) is 5.15. The molecule has 1 saturated heterocycles. The molecule has 0 saturated carbocycles. The van der Waals surface area contributed by atoms with E-state index in [2.05, 4.69) is 5.32 Å². The van der Waals surface area contributed by atoms with Crippen molar-refractivity contribution in [2.75, 3.05) is 18.1 Å². The van der Waals surface area contributed by atoms with Gasteiger partial charge in [0.15, 0.2) is 0 Å². The third kappa shape index (κ3) is 4.33. The van der Waals surface area contributed by atoms with E-state index in [0.717, 1.165) is 0 Å². The third-order valence-corrected chi connectivity index (χ3v) is 5.94. The maximum absolute atomic E-state index is 11.3. The standard InChI is InChI=1S/C13H17Cl2NO3S/c14-11-2-1-9(7-12(11)15)13(17)8-16-10-3-5-20(18,19)6-4-10/h1-2,7,10,13,16-17H,3-6,8H2/t13-/m0/s1. The third-order valence-electron chi connectivity index (χ3n) is 3.48. The van der Waals surface area contributed by atoms with E-state index in [4.69, 9.17) is 23.2 Å². The lowest BCUT2D eigenvalue weighted by Crippen LogP contribution is -2.39. The highest BCUT2D eigenvalue weighted by Crippen LogP contribution is 2.25. The van der Waals surface area contributed by atoms with Crippen LogP contribution in [0.1, 0.15) is 24.5 Å². The highest BCUT2D eigenvalue weighted by atomic mass is 35.5. The van der Waals surface area contributed by atoms with Crippen molar-refractivity contribution in [3.63, 3.8) is 0 Å². The molecule has 1 aromatic rings. The van der Waals surface area contributed by atoms with E-state index >= 15 is 0 Å². The maximum Gasteiger partial charge on any atom is 0.150 e. The van der Waals surface area contributed by atoms with Crippen LogP contribution in [0.2, 0.25) is 10.0 Å². The summed E-state index contributed by atoms with van der Waals surface area (Å²) in [6.45, 7) is 0.364. The van der Waals surface area contributed by atoms with E-state index in [-0.39, 0.29) is 17.5 Å². The molecule has 7 heteroatoms. The van der Waals surface area contributed by atoms with Gasteiger partial charge in [-0.1, -0.05) is 29.3 Å². The van der Waals surface area contributed by atoms with Crippen LogP contribution in [0.3, 0.4) is 0 Å². The zero-order chi connectivity index (χ0) is 14.8. The van der Waals surface area contributed by atoms with E-state index in [9.17, 15) is 13.5 Å². The average Bonchev–Trinajstić information content (AvgIpc) is 2.40. The quantitative estimate of drug-likeness (QED) is 0.883. The molecule has 0 unspecified atom stereocenters. The molecule has 1 aromatic carbocycles. The molecule has 112 valence electrons. The second-order valence-corrected chi connectivity index (χ2v) is 8.14. The molecule has 2 rings (SSSR count). The van der Waals surface area contributed by atoms with Crippen molar-refractivity contribution in [1.82, 2.24) is 5.32 Å². The average molecular weight is 338 g/mol. The van der Waals surface area contributed by atoms with Crippen molar-refractivity contribution < 1.29 is 13.5 Å². The number of halogens is 2. The Kier molecular flexibility index (Phi) is 5.31. The first kappa shape index (κ1) is 16.0. The fourth-order valence-corrected chi connectivity index (χ4v) is 4.01. The lowest BCUT2D eigenvalue weighted by Gasteiger charge is -2.24. The number of hydrogen-bond donors (Lipinski definition) is 2. The van der Waals surface area contributed by atoms with Crippen molar-refractivity contribution >= 4 is 33.0 Å². The monoisotopic (exact) mass is 337 g/mol. The van der Waals surface area contributed by atoms with Crippen LogP contribution in [-0.4, -0.2) is 37.6 Å².